The SMILES string of the molecule is CCOc1cc(C=NNC(=O)CNC(=O)c2ccccc2Cl)ccc1OC(=O)c1ccc(Cl)cc1. The first-order valence-electron chi connectivity index (χ1n) is 10.5. The third-order valence-electron chi connectivity index (χ3n) is 4.48. The summed E-state index contributed by atoms with van der Waals surface area (Å²) in [6.07, 6.45) is 1.39. The van der Waals surface area contributed by atoms with Gasteiger partial charge in [-0.25, -0.2) is 10.2 Å². The fourth-order valence-corrected chi connectivity index (χ4v) is 3.17. The fraction of sp³-hybridized carbons (Fsp3) is 0.120. The van der Waals surface area contributed by atoms with Crippen LogP contribution in [-0.4, -0.2) is 37.1 Å². The van der Waals surface area contributed by atoms with E-state index in [1.165, 1.54) is 6.21 Å². The van der Waals surface area contributed by atoms with Crippen molar-refractivity contribution in [2.24, 2.45) is 5.10 Å². The molecule has 0 fully saturated rings. The molecule has 0 radical (unpaired) electrons. The van der Waals surface area contributed by atoms with Gasteiger partial charge in [-0.2, -0.15) is 5.10 Å². The summed E-state index contributed by atoms with van der Waals surface area (Å²) in [5, 5.41) is 7.15. The topological polar surface area (TPSA) is 106 Å². The molecule has 0 bridgehead atoms. The molecule has 180 valence electrons. The first kappa shape index (κ1) is 25.7. The van der Waals surface area contributed by atoms with Gasteiger partial charge in [-0.3, -0.25) is 9.59 Å². The van der Waals surface area contributed by atoms with E-state index in [1.54, 1.807) is 73.7 Å². The molecule has 3 rings (SSSR count). The van der Waals surface area contributed by atoms with Gasteiger partial charge < -0.3 is 14.8 Å². The first-order chi connectivity index (χ1) is 16.9. The summed E-state index contributed by atoms with van der Waals surface area (Å²) in [7, 11) is 0. The number of ether oxygens (including phenoxy) is 2. The van der Waals surface area contributed by atoms with Crippen molar-refractivity contribution in [3.8, 4) is 11.5 Å². The lowest BCUT2D eigenvalue weighted by molar-refractivity contribution is -0.120. The quantitative estimate of drug-likeness (QED) is 0.190. The minimum Gasteiger partial charge on any atom is -0.490 e. The highest BCUT2D eigenvalue weighted by Crippen LogP contribution is 2.29. The summed E-state index contributed by atoms with van der Waals surface area (Å²) < 4.78 is 11.0. The standard InChI is InChI=1S/C25H21Cl2N3O5/c1-2-34-22-13-16(7-12-21(22)35-25(33)17-8-10-18(26)11-9-17)14-29-30-23(31)15-28-24(32)19-5-3-4-6-20(19)27/h3-14H,2,15H2,1H3,(H,28,32)(H,30,31). The van der Waals surface area contributed by atoms with Crippen LogP contribution in [0.4, 0.5) is 0 Å². The van der Waals surface area contributed by atoms with Crippen molar-refractivity contribution in [1.82, 2.24) is 10.7 Å². The lowest BCUT2D eigenvalue weighted by Gasteiger charge is -2.11. The summed E-state index contributed by atoms with van der Waals surface area (Å²) in [6.45, 7) is 1.85. The van der Waals surface area contributed by atoms with E-state index in [1.807, 2.05) is 0 Å². The van der Waals surface area contributed by atoms with Gasteiger partial charge in [0, 0.05) is 5.02 Å². The Morgan fingerprint density at radius 1 is 0.971 bits per heavy atom. The maximum absolute atomic E-state index is 12.4. The molecule has 3 aromatic carbocycles. The van der Waals surface area contributed by atoms with Gasteiger partial charge in [0.15, 0.2) is 11.5 Å². The van der Waals surface area contributed by atoms with Crippen molar-refractivity contribution in [2.45, 2.75) is 6.92 Å². The molecule has 0 saturated heterocycles. The number of amides is 2. The second kappa shape index (κ2) is 12.5. The van der Waals surface area contributed by atoms with Crippen LogP contribution in [0.25, 0.3) is 0 Å². The largest absolute Gasteiger partial charge is 0.490 e. The summed E-state index contributed by atoms with van der Waals surface area (Å²) in [6, 6.07) is 17.6. The predicted molar refractivity (Wildman–Crippen MR) is 134 cm³/mol. The van der Waals surface area contributed by atoms with Gasteiger partial charge in [0.25, 0.3) is 11.8 Å². The Balaban J connectivity index is 1.57. The van der Waals surface area contributed by atoms with Crippen LogP contribution < -0.4 is 20.2 Å². The summed E-state index contributed by atoms with van der Waals surface area (Å²) in [5.41, 5.74) is 3.52. The van der Waals surface area contributed by atoms with Gasteiger partial charge in [-0.1, -0.05) is 35.3 Å². The van der Waals surface area contributed by atoms with Crippen molar-refractivity contribution in [2.75, 3.05) is 13.2 Å². The molecule has 0 aliphatic carbocycles. The van der Waals surface area contributed by atoms with Crippen LogP contribution in [0.15, 0.2) is 71.8 Å². The smallest absolute Gasteiger partial charge is 0.343 e. The van der Waals surface area contributed by atoms with E-state index in [9.17, 15) is 14.4 Å². The highest BCUT2D eigenvalue weighted by atomic mass is 35.5. The molecular formula is C25H21Cl2N3O5. The number of carbonyl (C=O) groups is 3. The van der Waals surface area contributed by atoms with Crippen molar-refractivity contribution in [1.29, 1.82) is 0 Å². The molecule has 0 spiro atoms. The van der Waals surface area contributed by atoms with Crippen LogP contribution in [0.5, 0.6) is 11.5 Å². The summed E-state index contributed by atoms with van der Waals surface area (Å²) >= 11 is 11.8. The van der Waals surface area contributed by atoms with Crippen molar-refractivity contribution >= 4 is 47.2 Å². The van der Waals surface area contributed by atoms with Gasteiger partial charge in [-0.05, 0) is 67.1 Å². The summed E-state index contributed by atoms with van der Waals surface area (Å²) in [4.78, 5) is 36.5. The van der Waals surface area contributed by atoms with Gasteiger partial charge in [0.1, 0.15) is 0 Å². The zero-order chi connectivity index (χ0) is 25.2. The van der Waals surface area contributed by atoms with Crippen molar-refractivity contribution < 1.29 is 23.9 Å². The maximum atomic E-state index is 12.4. The van der Waals surface area contributed by atoms with Crippen LogP contribution in [-0.2, 0) is 4.79 Å². The number of benzene rings is 3. The molecule has 10 heteroatoms. The van der Waals surface area contributed by atoms with Crippen LogP contribution in [0.3, 0.4) is 0 Å². The van der Waals surface area contributed by atoms with E-state index < -0.39 is 17.8 Å². The van der Waals surface area contributed by atoms with E-state index in [-0.39, 0.29) is 22.9 Å². The molecule has 0 heterocycles. The number of hydrazone groups is 1. The second-order valence-electron chi connectivity index (χ2n) is 6.99. The number of carbonyl (C=O) groups excluding carboxylic acids is 3. The molecule has 0 aliphatic heterocycles. The zero-order valence-electron chi connectivity index (χ0n) is 18.6. The average Bonchev–Trinajstić information content (AvgIpc) is 2.85. The van der Waals surface area contributed by atoms with Crippen LogP contribution in [0, 0.1) is 0 Å². The first-order valence-corrected chi connectivity index (χ1v) is 11.2. The predicted octanol–water partition coefficient (Wildman–Crippen LogP) is 4.49. The van der Waals surface area contributed by atoms with Gasteiger partial charge in [0.05, 0.1) is 35.5 Å². The fourth-order valence-electron chi connectivity index (χ4n) is 2.82. The molecule has 0 saturated carbocycles. The highest BCUT2D eigenvalue weighted by Gasteiger charge is 2.14. The van der Waals surface area contributed by atoms with Crippen molar-refractivity contribution in [3.05, 3.63) is 93.5 Å². The Morgan fingerprint density at radius 3 is 2.43 bits per heavy atom. The number of hydrogen-bond acceptors (Lipinski definition) is 6. The molecule has 2 N–H and O–H groups in total. The Morgan fingerprint density at radius 2 is 1.71 bits per heavy atom. The zero-order valence-corrected chi connectivity index (χ0v) is 20.1. The maximum Gasteiger partial charge on any atom is 0.343 e. The van der Waals surface area contributed by atoms with Gasteiger partial charge in [-0.15, -0.1) is 0 Å². The van der Waals surface area contributed by atoms with E-state index in [0.29, 0.717) is 28.5 Å². The normalized spacial score (nSPS) is 10.6. The minimum absolute atomic E-state index is 0.232. The van der Waals surface area contributed by atoms with E-state index >= 15 is 0 Å². The third kappa shape index (κ3) is 7.56. The van der Waals surface area contributed by atoms with Gasteiger partial charge in [0.2, 0.25) is 0 Å². The highest BCUT2D eigenvalue weighted by molar-refractivity contribution is 6.33. The Labute approximate surface area is 211 Å². The van der Waals surface area contributed by atoms with Crippen LogP contribution >= 0.6 is 23.2 Å². The molecule has 3 aromatic rings. The molecule has 0 unspecified atom stereocenters. The molecule has 35 heavy (non-hydrogen) atoms. The molecule has 0 aromatic heterocycles. The lowest BCUT2D eigenvalue weighted by atomic mass is 10.2. The van der Waals surface area contributed by atoms with Crippen LogP contribution in [0.1, 0.15) is 33.2 Å². The number of nitrogens with zero attached hydrogens (tertiary/aromatic N) is 1. The Hall–Kier alpha value is -3.88. The third-order valence-corrected chi connectivity index (χ3v) is 5.06. The number of nitrogens with one attached hydrogen (secondary N) is 2. The number of halogens is 2. The van der Waals surface area contributed by atoms with Crippen molar-refractivity contribution in [3.63, 3.8) is 0 Å². The minimum atomic E-state index is -0.560. The molecular weight excluding hydrogens is 493 g/mol. The van der Waals surface area contributed by atoms with E-state index in [2.05, 4.69) is 15.8 Å². The molecule has 8 nitrogen and oxygen atoms in total. The monoisotopic (exact) mass is 513 g/mol. The van der Waals surface area contributed by atoms with E-state index in [0.717, 1.165) is 0 Å². The molecule has 0 atom stereocenters. The Bertz CT molecular complexity index is 1250. The number of rotatable bonds is 9. The molecule has 0 aliphatic rings. The molecule has 2 amide bonds. The lowest BCUT2D eigenvalue weighted by Crippen LogP contribution is -2.35. The van der Waals surface area contributed by atoms with Crippen LogP contribution in [0.2, 0.25) is 10.0 Å². The van der Waals surface area contributed by atoms with E-state index in [4.69, 9.17) is 32.7 Å². The second-order valence-corrected chi connectivity index (χ2v) is 7.83. The number of esters is 1. The summed E-state index contributed by atoms with van der Waals surface area (Å²) in [5.74, 6) is -0.998. The Kier molecular flexibility index (Phi) is 9.23. The van der Waals surface area contributed by atoms with Gasteiger partial charge >= 0.3 is 5.97 Å². The number of hydrogen-bond donors (Lipinski definition) is 2. The average molecular weight is 514 g/mol.